The molecule has 1 aromatic rings. The lowest BCUT2D eigenvalue weighted by molar-refractivity contribution is -0.123. The predicted octanol–water partition coefficient (Wildman–Crippen LogP) is 3.52. The van der Waals surface area contributed by atoms with Crippen molar-refractivity contribution in [2.75, 3.05) is 45.1 Å². The summed E-state index contributed by atoms with van der Waals surface area (Å²) in [4.78, 5) is 31.5. The van der Waals surface area contributed by atoms with Crippen LogP contribution in [0.25, 0.3) is 0 Å². The van der Waals surface area contributed by atoms with Gasteiger partial charge in [-0.15, -0.1) is 0 Å². The molecule has 1 aliphatic heterocycles. The molecule has 1 saturated heterocycles. The molecule has 0 aromatic heterocycles. The SMILES string of the molecule is CCC(C)NC(=O)CN1CCN(C(=O)Nc2ccccc2CN(C)C2CCCCC2)CC1. The van der Waals surface area contributed by atoms with Crippen LogP contribution in [0.1, 0.15) is 57.9 Å². The van der Waals surface area contributed by atoms with Crippen molar-refractivity contribution in [1.82, 2.24) is 20.0 Å². The number of nitrogens with zero attached hydrogens (tertiary/aromatic N) is 3. The summed E-state index contributed by atoms with van der Waals surface area (Å²) in [7, 11) is 2.20. The van der Waals surface area contributed by atoms with Gasteiger partial charge in [-0.2, -0.15) is 0 Å². The molecule has 2 fully saturated rings. The van der Waals surface area contributed by atoms with Gasteiger partial charge in [0.15, 0.2) is 0 Å². The van der Waals surface area contributed by atoms with Crippen LogP contribution in [0.2, 0.25) is 0 Å². The average Bonchev–Trinajstić information content (AvgIpc) is 2.81. The Hall–Kier alpha value is -2.12. The molecule has 1 heterocycles. The zero-order valence-electron chi connectivity index (χ0n) is 20.1. The Morgan fingerprint density at radius 2 is 1.78 bits per heavy atom. The van der Waals surface area contributed by atoms with Crippen molar-refractivity contribution in [3.05, 3.63) is 29.8 Å². The van der Waals surface area contributed by atoms with Crippen LogP contribution in [0.3, 0.4) is 0 Å². The number of rotatable bonds is 8. The third kappa shape index (κ3) is 7.20. The molecule has 178 valence electrons. The van der Waals surface area contributed by atoms with Gasteiger partial charge in [-0.05, 0) is 44.9 Å². The molecule has 3 amide bonds. The maximum absolute atomic E-state index is 12.9. The van der Waals surface area contributed by atoms with Crippen molar-refractivity contribution in [3.63, 3.8) is 0 Å². The number of para-hydroxylation sites is 1. The summed E-state index contributed by atoms with van der Waals surface area (Å²) < 4.78 is 0. The first-order valence-corrected chi connectivity index (χ1v) is 12.3. The molecule has 1 aliphatic carbocycles. The third-order valence-corrected chi connectivity index (χ3v) is 6.92. The van der Waals surface area contributed by atoms with E-state index >= 15 is 0 Å². The van der Waals surface area contributed by atoms with Gasteiger partial charge in [-0.25, -0.2) is 4.79 Å². The van der Waals surface area contributed by atoms with E-state index in [1.807, 2.05) is 30.0 Å². The van der Waals surface area contributed by atoms with Crippen molar-refractivity contribution in [1.29, 1.82) is 0 Å². The summed E-state index contributed by atoms with van der Waals surface area (Å²) in [6.07, 6.45) is 7.46. The first-order valence-electron chi connectivity index (χ1n) is 12.3. The average molecular weight is 444 g/mol. The minimum absolute atomic E-state index is 0.0542. The molecule has 1 unspecified atom stereocenters. The summed E-state index contributed by atoms with van der Waals surface area (Å²) in [5, 5.41) is 6.15. The first-order chi connectivity index (χ1) is 15.5. The Morgan fingerprint density at radius 1 is 1.09 bits per heavy atom. The van der Waals surface area contributed by atoms with Crippen LogP contribution >= 0.6 is 0 Å². The number of piperazine rings is 1. The van der Waals surface area contributed by atoms with Crippen molar-refractivity contribution < 1.29 is 9.59 Å². The second-order valence-electron chi connectivity index (χ2n) is 9.43. The van der Waals surface area contributed by atoms with Gasteiger partial charge in [-0.3, -0.25) is 14.6 Å². The minimum Gasteiger partial charge on any atom is -0.353 e. The van der Waals surface area contributed by atoms with E-state index in [1.54, 1.807) is 0 Å². The zero-order chi connectivity index (χ0) is 22.9. The van der Waals surface area contributed by atoms with Crippen molar-refractivity contribution in [2.45, 2.75) is 71.0 Å². The Morgan fingerprint density at radius 3 is 2.47 bits per heavy atom. The number of anilines is 1. The molecule has 1 atom stereocenters. The van der Waals surface area contributed by atoms with E-state index in [9.17, 15) is 9.59 Å². The molecule has 3 rings (SSSR count). The lowest BCUT2D eigenvalue weighted by Crippen LogP contribution is -2.52. The molecule has 2 aliphatic rings. The van der Waals surface area contributed by atoms with E-state index in [1.165, 1.54) is 32.1 Å². The molecule has 0 bridgehead atoms. The molecule has 2 N–H and O–H groups in total. The molecule has 0 spiro atoms. The van der Waals surface area contributed by atoms with Crippen LogP contribution in [0, 0.1) is 0 Å². The lowest BCUT2D eigenvalue weighted by Gasteiger charge is -2.35. The van der Waals surface area contributed by atoms with Crippen LogP contribution in [-0.4, -0.2) is 78.5 Å². The van der Waals surface area contributed by atoms with Crippen LogP contribution in [0.5, 0.6) is 0 Å². The smallest absolute Gasteiger partial charge is 0.321 e. The number of carbonyl (C=O) groups excluding carboxylic acids is 2. The number of hydrogen-bond donors (Lipinski definition) is 2. The lowest BCUT2D eigenvalue weighted by atomic mass is 9.94. The molecule has 1 saturated carbocycles. The molecule has 7 nitrogen and oxygen atoms in total. The van der Waals surface area contributed by atoms with Gasteiger partial charge in [-0.1, -0.05) is 44.4 Å². The fourth-order valence-electron chi connectivity index (χ4n) is 4.63. The van der Waals surface area contributed by atoms with Crippen molar-refractivity contribution in [2.24, 2.45) is 0 Å². The Bertz CT molecular complexity index is 742. The van der Waals surface area contributed by atoms with Gasteiger partial charge in [0.25, 0.3) is 0 Å². The highest BCUT2D eigenvalue weighted by Gasteiger charge is 2.24. The molecular weight excluding hydrogens is 402 g/mol. The number of hydrogen-bond acceptors (Lipinski definition) is 4. The standard InChI is InChI=1S/C25H41N5O2/c1-4-20(2)26-24(31)19-29-14-16-30(17-15-29)25(32)27-23-13-9-8-10-21(23)18-28(3)22-11-6-5-7-12-22/h8-10,13,20,22H,4-7,11-12,14-19H2,1-3H3,(H,26,31)(H,27,32). The van der Waals surface area contributed by atoms with Crippen LogP contribution in [0.15, 0.2) is 24.3 Å². The van der Waals surface area contributed by atoms with Gasteiger partial charge in [0.05, 0.1) is 6.54 Å². The molecule has 7 heteroatoms. The Kier molecular flexibility index (Phi) is 9.36. The third-order valence-electron chi connectivity index (χ3n) is 6.92. The largest absolute Gasteiger partial charge is 0.353 e. The predicted molar refractivity (Wildman–Crippen MR) is 130 cm³/mol. The van der Waals surface area contributed by atoms with Gasteiger partial charge < -0.3 is 15.5 Å². The first kappa shape index (κ1) is 24.5. The monoisotopic (exact) mass is 443 g/mol. The fourth-order valence-corrected chi connectivity index (χ4v) is 4.63. The summed E-state index contributed by atoms with van der Waals surface area (Å²) in [5.74, 6) is 0.0632. The van der Waals surface area contributed by atoms with E-state index in [0.29, 0.717) is 38.8 Å². The number of amides is 3. The second kappa shape index (κ2) is 12.2. The highest BCUT2D eigenvalue weighted by Crippen LogP contribution is 2.25. The van der Waals surface area contributed by atoms with Crippen LogP contribution < -0.4 is 10.6 Å². The highest BCUT2D eigenvalue weighted by molar-refractivity contribution is 5.90. The quantitative estimate of drug-likeness (QED) is 0.645. The van der Waals surface area contributed by atoms with Gasteiger partial charge in [0.1, 0.15) is 0 Å². The van der Waals surface area contributed by atoms with E-state index in [4.69, 9.17) is 0 Å². The zero-order valence-corrected chi connectivity index (χ0v) is 20.1. The molecule has 0 radical (unpaired) electrons. The van der Waals surface area contributed by atoms with Crippen molar-refractivity contribution >= 4 is 17.6 Å². The second-order valence-corrected chi connectivity index (χ2v) is 9.43. The maximum Gasteiger partial charge on any atom is 0.321 e. The maximum atomic E-state index is 12.9. The van der Waals surface area contributed by atoms with Crippen molar-refractivity contribution in [3.8, 4) is 0 Å². The summed E-state index contributed by atoms with van der Waals surface area (Å²) in [6, 6.07) is 8.92. The minimum atomic E-state index is -0.0542. The van der Waals surface area contributed by atoms with Crippen LogP contribution in [-0.2, 0) is 11.3 Å². The summed E-state index contributed by atoms with van der Waals surface area (Å²) >= 11 is 0. The topological polar surface area (TPSA) is 67.9 Å². The van der Waals surface area contributed by atoms with E-state index < -0.39 is 0 Å². The number of nitrogens with one attached hydrogen (secondary N) is 2. The van der Waals surface area contributed by atoms with Gasteiger partial charge in [0.2, 0.25) is 5.91 Å². The highest BCUT2D eigenvalue weighted by atomic mass is 16.2. The van der Waals surface area contributed by atoms with Gasteiger partial charge in [0, 0.05) is 50.5 Å². The summed E-state index contributed by atoms with van der Waals surface area (Å²) in [5.41, 5.74) is 2.06. The number of carbonyl (C=O) groups is 2. The number of urea groups is 1. The normalized spacial score (nSPS) is 19.1. The molecule has 32 heavy (non-hydrogen) atoms. The summed E-state index contributed by atoms with van der Waals surface area (Å²) in [6.45, 7) is 8.02. The van der Waals surface area contributed by atoms with Crippen LogP contribution in [0.4, 0.5) is 10.5 Å². The van der Waals surface area contributed by atoms with E-state index in [0.717, 1.165) is 24.2 Å². The molecular formula is C25H41N5O2. The Balaban J connectivity index is 1.48. The fraction of sp³-hybridized carbons (Fsp3) is 0.680. The Labute approximate surface area is 193 Å². The number of benzene rings is 1. The molecule has 1 aromatic carbocycles. The van der Waals surface area contributed by atoms with Gasteiger partial charge >= 0.3 is 6.03 Å². The van der Waals surface area contributed by atoms with E-state index in [-0.39, 0.29) is 18.0 Å². The van der Waals surface area contributed by atoms with E-state index in [2.05, 4.69) is 40.5 Å².